The van der Waals surface area contributed by atoms with Gasteiger partial charge in [-0.15, -0.1) is 0 Å². The normalized spacial score (nSPS) is 26.4. The molecule has 1 aliphatic heterocycles. The Morgan fingerprint density at radius 3 is 2.46 bits per heavy atom. The number of carboxylic acid groups (broad SMARTS) is 2. The van der Waals surface area contributed by atoms with Crippen molar-refractivity contribution < 1.29 is 44.7 Å². The summed E-state index contributed by atoms with van der Waals surface area (Å²) in [6.07, 6.45) is -4.98. The fraction of sp³-hybridized carbons (Fsp3) is 0.538. The zero-order valence-electron chi connectivity index (χ0n) is 13.2. The first-order valence-electron chi connectivity index (χ1n) is 7.37. The first kappa shape index (κ1) is 19.6. The smallest absolute Gasteiger partial charge is 0.326 e. The first-order chi connectivity index (χ1) is 12.2. The number of carboxylic acids is 2. The van der Waals surface area contributed by atoms with Gasteiger partial charge in [0.25, 0.3) is 5.91 Å². The third-order valence-corrected chi connectivity index (χ3v) is 3.82. The van der Waals surface area contributed by atoms with Crippen LogP contribution in [-0.2, 0) is 14.3 Å². The van der Waals surface area contributed by atoms with Crippen LogP contribution in [0.15, 0.2) is 6.33 Å². The average molecular weight is 374 g/mol. The van der Waals surface area contributed by atoms with Crippen LogP contribution in [0.5, 0.6) is 0 Å². The number of imidazole rings is 1. The van der Waals surface area contributed by atoms with Gasteiger partial charge in [0.05, 0.1) is 19.4 Å². The summed E-state index contributed by atoms with van der Waals surface area (Å²) in [6.45, 7) is -0.563. The quantitative estimate of drug-likeness (QED) is 0.251. The molecule has 0 spiro atoms. The molecule has 0 radical (unpaired) electrons. The second-order valence-electron chi connectivity index (χ2n) is 5.58. The highest BCUT2D eigenvalue weighted by atomic mass is 16.6. The number of nitrogen functional groups attached to an aromatic ring is 1. The highest BCUT2D eigenvalue weighted by Crippen LogP contribution is 2.31. The molecule has 2 rings (SSSR count). The Kier molecular flexibility index (Phi) is 5.76. The van der Waals surface area contributed by atoms with Crippen molar-refractivity contribution in [1.29, 1.82) is 0 Å². The Hall–Kier alpha value is -2.74. The number of hydrogen-bond donors (Lipinski definition) is 7. The number of hydrogen-bond acceptors (Lipinski definition) is 9. The van der Waals surface area contributed by atoms with Gasteiger partial charge in [0.1, 0.15) is 30.2 Å². The number of aliphatic carboxylic acids is 2. The van der Waals surface area contributed by atoms with E-state index < -0.39 is 67.1 Å². The van der Waals surface area contributed by atoms with Crippen LogP contribution >= 0.6 is 0 Å². The molecule has 0 aliphatic carbocycles. The minimum absolute atomic E-state index is 0.309. The van der Waals surface area contributed by atoms with Crippen LogP contribution in [0.4, 0.5) is 5.82 Å². The molecule has 5 atom stereocenters. The van der Waals surface area contributed by atoms with Gasteiger partial charge in [-0.1, -0.05) is 0 Å². The number of anilines is 1. The van der Waals surface area contributed by atoms with Crippen LogP contribution in [0, 0.1) is 0 Å². The molecule has 3 unspecified atom stereocenters. The molecule has 1 saturated heterocycles. The third kappa shape index (κ3) is 3.75. The molecule has 0 saturated carbocycles. The molecule has 13 nitrogen and oxygen atoms in total. The van der Waals surface area contributed by atoms with Crippen LogP contribution in [0.3, 0.4) is 0 Å². The molecule has 1 aliphatic rings. The Balaban J connectivity index is 2.19. The van der Waals surface area contributed by atoms with Crippen molar-refractivity contribution in [2.45, 2.75) is 37.0 Å². The summed E-state index contributed by atoms with van der Waals surface area (Å²) >= 11 is 0. The van der Waals surface area contributed by atoms with Crippen molar-refractivity contribution in [2.75, 3.05) is 12.3 Å². The van der Waals surface area contributed by atoms with E-state index in [1.54, 1.807) is 0 Å². The summed E-state index contributed by atoms with van der Waals surface area (Å²) in [6, 6.07) is -1.70. The lowest BCUT2D eigenvalue weighted by atomic mass is 10.1. The molecule has 26 heavy (non-hydrogen) atoms. The van der Waals surface area contributed by atoms with E-state index in [0.717, 1.165) is 10.9 Å². The van der Waals surface area contributed by atoms with Gasteiger partial charge < -0.3 is 41.3 Å². The highest BCUT2D eigenvalue weighted by Gasteiger charge is 2.44. The Morgan fingerprint density at radius 1 is 1.31 bits per heavy atom. The Bertz CT molecular complexity index is 706. The number of rotatable bonds is 7. The molecule has 2 heterocycles. The molecule has 144 valence electrons. The average Bonchev–Trinajstić information content (AvgIpc) is 3.07. The fourth-order valence-corrected chi connectivity index (χ4v) is 2.46. The van der Waals surface area contributed by atoms with E-state index in [-0.39, 0.29) is 5.82 Å². The standard InChI is InChI=1S/C13H18N4O9/c14-10-7(11(23)16-4(13(24)25)1-6(19)20)15-3-17(10)12-9(22)8(21)5(2-18)26-12/h3-5,8-9,12,18,21-22H,1-2,14H2,(H,16,23)(H,19,20)(H,24,25)/t4?,5-,8?,9?,12-/m1/s1. The fourth-order valence-electron chi connectivity index (χ4n) is 2.46. The van der Waals surface area contributed by atoms with E-state index in [0.29, 0.717) is 0 Å². The van der Waals surface area contributed by atoms with Gasteiger partial charge in [0.2, 0.25) is 0 Å². The highest BCUT2D eigenvalue weighted by molar-refractivity contribution is 5.99. The van der Waals surface area contributed by atoms with E-state index in [9.17, 15) is 24.6 Å². The number of aliphatic hydroxyl groups is 3. The summed E-state index contributed by atoms with van der Waals surface area (Å²) in [5.41, 5.74) is 5.36. The van der Waals surface area contributed by atoms with Gasteiger partial charge in [0, 0.05) is 0 Å². The number of ether oxygens (including phenoxy) is 1. The second-order valence-corrected chi connectivity index (χ2v) is 5.58. The van der Waals surface area contributed by atoms with E-state index in [2.05, 4.69) is 4.98 Å². The van der Waals surface area contributed by atoms with Crippen molar-refractivity contribution in [2.24, 2.45) is 0 Å². The zero-order valence-corrected chi connectivity index (χ0v) is 13.2. The lowest BCUT2D eigenvalue weighted by Crippen LogP contribution is -2.42. The molecule has 1 aromatic heterocycles. The molecule has 8 N–H and O–H groups in total. The van der Waals surface area contributed by atoms with Crippen LogP contribution in [0.2, 0.25) is 0 Å². The van der Waals surface area contributed by atoms with Crippen molar-refractivity contribution in [3.8, 4) is 0 Å². The summed E-state index contributed by atoms with van der Waals surface area (Å²) in [5, 5.41) is 48.4. The number of carbonyl (C=O) groups is 3. The van der Waals surface area contributed by atoms with Gasteiger partial charge in [-0.3, -0.25) is 14.2 Å². The summed E-state index contributed by atoms with van der Waals surface area (Å²) < 4.78 is 6.29. The maximum absolute atomic E-state index is 12.1. The van der Waals surface area contributed by atoms with Crippen molar-refractivity contribution in [1.82, 2.24) is 14.9 Å². The molecular weight excluding hydrogens is 356 g/mol. The molecule has 1 aromatic rings. The van der Waals surface area contributed by atoms with Crippen molar-refractivity contribution >= 4 is 23.7 Å². The Labute approximate surface area is 145 Å². The lowest BCUT2D eigenvalue weighted by molar-refractivity contribution is -0.145. The van der Waals surface area contributed by atoms with Gasteiger partial charge in [-0.2, -0.15) is 0 Å². The van der Waals surface area contributed by atoms with E-state index in [4.69, 9.17) is 25.8 Å². The Morgan fingerprint density at radius 2 is 1.96 bits per heavy atom. The number of aromatic nitrogens is 2. The second kappa shape index (κ2) is 7.65. The number of nitrogens with zero attached hydrogens (tertiary/aromatic N) is 2. The van der Waals surface area contributed by atoms with Gasteiger partial charge in [0.15, 0.2) is 11.9 Å². The zero-order chi connectivity index (χ0) is 19.6. The number of carbonyl (C=O) groups excluding carboxylic acids is 1. The first-order valence-corrected chi connectivity index (χ1v) is 7.37. The van der Waals surface area contributed by atoms with Crippen LogP contribution in [0.25, 0.3) is 0 Å². The summed E-state index contributed by atoms with van der Waals surface area (Å²) in [5.74, 6) is -4.33. The molecule has 1 fully saturated rings. The van der Waals surface area contributed by atoms with Gasteiger partial charge in [-0.25, -0.2) is 9.78 Å². The number of amides is 1. The van der Waals surface area contributed by atoms with Crippen molar-refractivity contribution in [3.05, 3.63) is 12.0 Å². The summed E-state index contributed by atoms with van der Waals surface area (Å²) in [7, 11) is 0. The lowest BCUT2D eigenvalue weighted by Gasteiger charge is -2.17. The van der Waals surface area contributed by atoms with Crippen molar-refractivity contribution in [3.63, 3.8) is 0 Å². The SMILES string of the molecule is Nc1c(C(=O)NC(CC(=O)O)C(=O)O)ncn1[C@@H]1O[C@H](CO)C(O)C1O. The minimum Gasteiger partial charge on any atom is -0.481 e. The predicted molar refractivity (Wildman–Crippen MR) is 80.8 cm³/mol. The minimum atomic E-state index is -1.70. The number of nitrogens with two attached hydrogens (primary N) is 1. The summed E-state index contributed by atoms with van der Waals surface area (Å²) in [4.78, 5) is 37.5. The number of nitrogens with one attached hydrogen (secondary N) is 1. The molecule has 0 aromatic carbocycles. The van der Waals surface area contributed by atoms with E-state index in [1.165, 1.54) is 0 Å². The largest absolute Gasteiger partial charge is 0.481 e. The molecule has 0 bridgehead atoms. The third-order valence-electron chi connectivity index (χ3n) is 3.82. The van der Waals surface area contributed by atoms with Gasteiger partial charge in [-0.05, 0) is 0 Å². The molecule has 13 heteroatoms. The molecular formula is C13H18N4O9. The van der Waals surface area contributed by atoms with Crippen LogP contribution in [-0.4, -0.2) is 83.9 Å². The van der Waals surface area contributed by atoms with Gasteiger partial charge >= 0.3 is 11.9 Å². The number of aliphatic hydroxyl groups excluding tert-OH is 3. The predicted octanol–water partition coefficient (Wildman–Crippen LogP) is -3.27. The van der Waals surface area contributed by atoms with Crippen LogP contribution < -0.4 is 11.1 Å². The maximum atomic E-state index is 12.1. The van der Waals surface area contributed by atoms with E-state index >= 15 is 0 Å². The molecule has 1 amide bonds. The monoisotopic (exact) mass is 374 g/mol. The van der Waals surface area contributed by atoms with Crippen LogP contribution in [0.1, 0.15) is 23.1 Å². The topological polar surface area (TPSA) is 217 Å². The maximum Gasteiger partial charge on any atom is 0.326 e. The van der Waals surface area contributed by atoms with E-state index in [1.807, 2.05) is 5.32 Å².